The first-order chi connectivity index (χ1) is 6.72. The molecule has 0 bridgehead atoms. The lowest BCUT2D eigenvalue weighted by molar-refractivity contribution is -0.245. The molecule has 5 nitrogen and oxygen atoms in total. The molecule has 15 heavy (non-hydrogen) atoms. The van der Waals surface area contributed by atoms with Crippen molar-refractivity contribution in [2.24, 2.45) is 0 Å². The third kappa shape index (κ3) is 3.12. The van der Waals surface area contributed by atoms with Crippen LogP contribution in [0.5, 0.6) is 0 Å². The van der Waals surface area contributed by atoms with E-state index < -0.39 is 30.6 Å². The lowest BCUT2D eigenvalue weighted by Gasteiger charge is -2.42. The van der Waals surface area contributed by atoms with Gasteiger partial charge in [-0.2, -0.15) is 0 Å². The molecule has 0 radical (unpaired) electrons. The van der Waals surface area contributed by atoms with Gasteiger partial charge in [0.1, 0.15) is 12.2 Å². The van der Waals surface area contributed by atoms with Crippen LogP contribution in [0.4, 0.5) is 0 Å². The molecule has 90 valence electrons. The molecule has 0 aromatic carbocycles. The lowest BCUT2D eigenvalue weighted by atomic mass is 9.95. The highest BCUT2D eigenvalue weighted by molar-refractivity contribution is 4.94. The summed E-state index contributed by atoms with van der Waals surface area (Å²) in [5, 5.41) is 32.1. The molecule has 1 unspecified atom stereocenters. The fourth-order valence-electron chi connectivity index (χ4n) is 1.70. The maximum Gasteiger partial charge on any atom is 0.173 e. The van der Waals surface area contributed by atoms with Crippen molar-refractivity contribution < 1.29 is 20.1 Å². The van der Waals surface area contributed by atoms with Gasteiger partial charge < -0.3 is 25.4 Å². The van der Waals surface area contributed by atoms with Crippen LogP contribution in [0.25, 0.3) is 0 Å². The predicted octanol–water partition coefficient (Wildman–Crippen LogP) is -0.798. The minimum atomic E-state index is -1.10. The molecule has 0 aliphatic carbocycles. The highest BCUT2D eigenvalue weighted by Gasteiger charge is 2.42. The van der Waals surface area contributed by atoms with Gasteiger partial charge in [-0.15, -0.1) is 0 Å². The zero-order valence-electron chi connectivity index (χ0n) is 9.64. The van der Waals surface area contributed by atoms with E-state index in [4.69, 9.17) is 4.74 Å². The van der Waals surface area contributed by atoms with Gasteiger partial charge >= 0.3 is 0 Å². The summed E-state index contributed by atoms with van der Waals surface area (Å²) in [5.74, 6) is 0. The van der Waals surface area contributed by atoms with Crippen LogP contribution in [-0.4, -0.2) is 51.5 Å². The monoisotopic (exact) mass is 219 g/mol. The molecule has 0 saturated carbocycles. The van der Waals surface area contributed by atoms with Gasteiger partial charge in [-0.1, -0.05) is 0 Å². The average Bonchev–Trinajstić information content (AvgIpc) is 2.07. The minimum Gasteiger partial charge on any atom is -0.388 e. The van der Waals surface area contributed by atoms with Gasteiger partial charge in [0.15, 0.2) is 6.29 Å². The Labute approximate surface area is 90.1 Å². The van der Waals surface area contributed by atoms with Crippen LogP contribution >= 0.6 is 0 Å². The maximum atomic E-state index is 9.79. The Bertz CT molecular complexity index is 216. The standard InChI is InChI=1S/C10H21NO4/c1-5-7(12)8(13)6(9(14)15-5)11-10(2,3)4/h5-9,11-14H,1-4H3/t5-,6+,7-,8-,9?/m1/s1. The van der Waals surface area contributed by atoms with Crippen LogP contribution in [0.1, 0.15) is 27.7 Å². The Balaban J connectivity index is 2.70. The molecule has 0 spiro atoms. The Hall–Kier alpha value is -0.200. The van der Waals surface area contributed by atoms with Gasteiger partial charge in [0, 0.05) is 5.54 Å². The molecule has 1 rings (SSSR count). The van der Waals surface area contributed by atoms with E-state index in [-0.39, 0.29) is 5.54 Å². The summed E-state index contributed by atoms with van der Waals surface area (Å²) in [4.78, 5) is 0. The highest BCUT2D eigenvalue weighted by Crippen LogP contribution is 2.21. The predicted molar refractivity (Wildman–Crippen MR) is 55.2 cm³/mol. The molecular formula is C10H21NO4. The van der Waals surface area contributed by atoms with Crippen molar-refractivity contribution in [1.29, 1.82) is 0 Å². The van der Waals surface area contributed by atoms with E-state index in [0.717, 1.165) is 0 Å². The van der Waals surface area contributed by atoms with Crippen molar-refractivity contribution >= 4 is 0 Å². The van der Waals surface area contributed by atoms with Gasteiger partial charge in [0.25, 0.3) is 0 Å². The average molecular weight is 219 g/mol. The zero-order chi connectivity index (χ0) is 11.8. The number of hydrogen-bond donors (Lipinski definition) is 4. The highest BCUT2D eigenvalue weighted by atomic mass is 16.6. The lowest BCUT2D eigenvalue weighted by Crippen LogP contribution is -2.64. The second kappa shape index (κ2) is 4.35. The summed E-state index contributed by atoms with van der Waals surface area (Å²) in [6.45, 7) is 7.36. The van der Waals surface area contributed by atoms with Crippen LogP contribution in [-0.2, 0) is 4.74 Å². The maximum absolute atomic E-state index is 9.79. The van der Waals surface area contributed by atoms with E-state index >= 15 is 0 Å². The van der Waals surface area contributed by atoms with Gasteiger partial charge in [-0.25, -0.2) is 0 Å². The SMILES string of the molecule is C[C@H]1OC(O)[C@@H](NC(C)(C)C)[C@@H](O)[C@@H]1O. The van der Waals surface area contributed by atoms with Crippen molar-refractivity contribution in [3.05, 3.63) is 0 Å². The molecule has 0 aromatic rings. The van der Waals surface area contributed by atoms with Gasteiger partial charge in [-0.3, -0.25) is 0 Å². The van der Waals surface area contributed by atoms with E-state index in [2.05, 4.69) is 5.32 Å². The molecule has 0 amide bonds. The fraction of sp³-hybridized carbons (Fsp3) is 1.00. The third-order valence-corrected chi connectivity index (χ3v) is 2.46. The fourth-order valence-corrected chi connectivity index (χ4v) is 1.70. The van der Waals surface area contributed by atoms with Crippen LogP contribution in [0.2, 0.25) is 0 Å². The summed E-state index contributed by atoms with van der Waals surface area (Å²) in [7, 11) is 0. The number of ether oxygens (including phenoxy) is 1. The van der Waals surface area contributed by atoms with Crippen LogP contribution < -0.4 is 5.32 Å². The molecule has 1 heterocycles. The number of aliphatic hydroxyl groups is 3. The quantitative estimate of drug-likeness (QED) is 0.464. The van der Waals surface area contributed by atoms with E-state index in [1.165, 1.54) is 0 Å². The van der Waals surface area contributed by atoms with Crippen LogP contribution in [0, 0.1) is 0 Å². The Kier molecular flexibility index (Phi) is 3.73. The molecule has 1 fully saturated rings. The Morgan fingerprint density at radius 1 is 1.07 bits per heavy atom. The summed E-state index contributed by atoms with van der Waals surface area (Å²) < 4.78 is 5.11. The normalized spacial score (nSPS) is 43.0. The first-order valence-electron chi connectivity index (χ1n) is 5.20. The summed E-state index contributed by atoms with van der Waals surface area (Å²) >= 11 is 0. The summed E-state index contributed by atoms with van der Waals surface area (Å²) in [5.41, 5.74) is -0.268. The second-order valence-corrected chi connectivity index (χ2v) is 5.13. The van der Waals surface area contributed by atoms with Gasteiger partial charge in [-0.05, 0) is 27.7 Å². The number of rotatable bonds is 1. The molecule has 1 aliphatic rings. The van der Waals surface area contributed by atoms with Crippen molar-refractivity contribution in [3.8, 4) is 0 Å². The molecular weight excluding hydrogens is 198 g/mol. The number of hydrogen-bond acceptors (Lipinski definition) is 5. The molecule has 1 saturated heterocycles. The smallest absolute Gasteiger partial charge is 0.173 e. The minimum absolute atomic E-state index is 0.268. The Morgan fingerprint density at radius 2 is 1.60 bits per heavy atom. The third-order valence-electron chi connectivity index (χ3n) is 2.46. The van der Waals surface area contributed by atoms with Crippen molar-refractivity contribution in [1.82, 2.24) is 5.32 Å². The zero-order valence-corrected chi connectivity index (χ0v) is 9.64. The van der Waals surface area contributed by atoms with Crippen LogP contribution in [0.15, 0.2) is 0 Å². The van der Waals surface area contributed by atoms with Crippen molar-refractivity contribution in [2.45, 2.75) is 63.9 Å². The molecule has 5 heteroatoms. The first kappa shape index (κ1) is 12.9. The molecule has 0 aromatic heterocycles. The largest absolute Gasteiger partial charge is 0.388 e. The summed E-state index contributed by atoms with van der Waals surface area (Å²) in [6.07, 6.45) is -3.66. The molecule has 5 atom stereocenters. The Morgan fingerprint density at radius 3 is 2.07 bits per heavy atom. The van der Waals surface area contributed by atoms with Crippen LogP contribution in [0.3, 0.4) is 0 Å². The van der Waals surface area contributed by atoms with E-state index in [1.54, 1.807) is 6.92 Å². The first-order valence-corrected chi connectivity index (χ1v) is 5.20. The molecule has 4 N–H and O–H groups in total. The van der Waals surface area contributed by atoms with E-state index in [9.17, 15) is 15.3 Å². The van der Waals surface area contributed by atoms with Gasteiger partial charge in [0.2, 0.25) is 0 Å². The van der Waals surface area contributed by atoms with Crippen molar-refractivity contribution in [2.75, 3.05) is 0 Å². The topological polar surface area (TPSA) is 82.0 Å². The summed E-state index contributed by atoms with van der Waals surface area (Å²) in [6, 6.07) is -0.670. The van der Waals surface area contributed by atoms with Gasteiger partial charge in [0.05, 0.1) is 12.1 Å². The van der Waals surface area contributed by atoms with E-state index in [1.807, 2.05) is 20.8 Å². The second-order valence-electron chi connectivity index (χ2n) is 5.13. The van der Waals surface area contributed by atoms with Crippen molar-refractivity contribution in [3.63, 3.8) is 0 Å². The molecule has 1 aliphatic heterocycles. The number of nitrogens with one attached hydrogen (secondary N) is 1. The van der Waals surface area contributed by atoms with E-state index in [0.29, 0.717) is 0 Å². The number of aliphatic hydroxyl groups excluding tert-OH is 3.